The molecule has 1 aromatic carbocycles. The van der Waals surface area contributed by atoms with Crippen LogP contribution in [0, 0.1) is 11.3 Å². The van der Waals surface area contributed by atoms with Gasteiger partial charge in [-0.2, -0.15) is 5.26 Å². The molecule has 0 saturated carbocycles. The molecule has 0 aliphatic heterocycles. The Morgan fingerprint density at radius 3 is 2.95 bits per heavy atom. The highest BCUT2D eigenvalue weighted by atomic mass is 16.5. The zero-order chi connectivity index (χ0) is 15.2. The molecule has 2 rings (SSSR count). The summed E-state index contributed by atoms with van der Waals surface area (Å²) in [5.74, 6) is -0.989. The Bertz CT molecular complexity index is 694. The van der Waals surface area contributed by atoms with Crippen molar-refractivity contribution in [2.75, 3.05) is 19.0 Å². The third kappa shape index (κ3) is 3.27. The number of nitrogens with one attached hydrogen (secondary N) is 1. The number of hydrogen-bond donors (Lipinski definition) is 2. The number of pyridine rings is 1. The maximum atomic E-state index is 11.3. The lowest BCUT2D eigenvalue weighted by molar-refractivity contribution is -0.138. The van der Waals surface area contributed by atoms with Gasteiger partial charge in [0.15, 0.2) is 0 Å². The molecule has 6 nitrogen and oxygen atoms in total. The van der Waals surface area contributed by atoms with E-state index in [0.29, 0.717) is 29.8 Å². The third-order valence-electron chi connectivity index (χ3n) is 3.12. The molecule has 0 radical (unpaired) electrons. The van der Waals surface area contributed by atoms with Crippen molar-refractivity contribution in [1.82, 2.24) is 4.98 Å². The molecule has 0 spiro atoms. The van der Waals surface area contributed by atoms with Gasteiger partial charge >= 0.3 is 5.97 Å². The van der Waals surface area contributed by atoms with Gasteiger partial charge in [-0.25, -0.2) is 4.79 Å². The topological polar surface area (TPSA) is 95.2 Å². The van der Waals surface area contributed by atoms with E-state index >= 15 is 0 Å². The second-order valence-electron chi connectivity index (χ2n) is 4.49. The fourth-order valence-electron chi connectivity index (χ4n) is 2.05. The van der Waals surface area contributed by atoms with E-state index in [2.05, 4.69) is 10.3 Å². The van der Waals surface area contributed by atoms with Gasteiger partial charge in [-0.1, -0.05) is 18.2 Å². The Labute approximate surface area is 122 Å². The average Bonchev–Trinajstić information content (AvgIpc) is 2.50. The number of aliphatic carboxylic acids is 1. The maximum absolute atomic E-state index is 11.3. The number of rotatable bonds is 6. The fourth-order valence-corrected chi connectivity index (χ4v) is 2.05. The number of benzene rings is 1. The SMILES string of the molecule is COCCC(Nc1c(C#N)cnc2ccccc12)C(=O)O. The van der Waals surface area contributed by atoms with Gasteiger partial charge in [-0.05, 0) is 6.07 Å². The number of carbonyl (C=O) groups is 1. The Morgan fingerprint density at radius 2 is 2.29 bits per heavy atom. The highest BCUT2D eigenvalue weighted by molar-refractivity contribution is 5.95. The first-order chi connectivity index (χ1) is 10.2. The highest BCUT2D eigenvalue weighted by Gasteiger charge is 2.20. The Morgan fingerprint density at radius 1 is 1.52 bits per heavy atom. The van der Waals surface area contributed by atoms with Crippen molar-refractivity contribution in [3.05, 3.63) is 36.0 Å². The van der Waals surface area contributed by atoms with E-state index in [4.69, 9.17) is 4.74 Å². The van der Waals surface area contributed by atoms with Crippen molar-refractivity contribution < 1.29 is 14.6 Å². The predicted octanol–water partition coefficient (Wildman–Crippen LogP) is 2.01. The first-order valence-electron chi connectivity index (χ1n) is 6.43. The number of ether oxygens (including phenoxy) is 1. The number of nitrogens with zero attached hydrogens (tertiary/aromatic N) is 2. The fraction of sp³-hybridized carbons (Fsp3) is 0.267. The Balaban J connectivity index is 2.43. The van der Waals surface area contributed by atoms with Gasteiger partial charge in [0.25, 0.3) is 0 Å². The molecule has 21 heavy (non-hydrogen) atoms. The van der Waals surface area contributed by atoms with Gasteiger partial charge in [0.1, 0.15) is 12.1 Å². The van der Waals surface area contributed by atoms with E-state index in [1.165, 1.54) is 13.3 Å². The van der Waals surface area contributed by atoms with Crippen molar-refractivity contribution in [3.8, 4) is 6.07 Å². The van der Waals surface area contributed by atoms with E-state index in [1.807, 2.05) is 24.3 Å². The minimum Gasteiger partial charge on any atom is -0.480 e. The number of anilines is 1. The summed E-state index contributed by atoms with van der Waals surface area (Å²) < 4.78 is 4.92. The number of hydrogen-bond acceptors (Lipinski definition) is 5. The normalized spacial score (nSPS) is 11.8. The second-order valence-corrected chi connectivity index (χ2v) is 4.49. The lowest BCUT2D eigenvalue weighted by Gasteiger charge is -2.17. The van der Waals surface area contributed by atoms with Crippen LogP contribution in [0.4, 0.5) is 5.69 Å². The molecule has 1 unspecified atom stereocenters. The van der Waals surface area contributed by atoms with Gasteiger partial charge in [-0.3, -0.25) is 4.98 Å². The third-order valence-corrected chi connectivity index (χ3v) is 3.12. The molecule has 108 valence electrons. The van der Waals surface area contributed by atoms with Crippen molar-refractivity contribution >= 4 is 22.6 Å². The zero-order valence-electron chi connectivity index (χ0n) is 11.5. The monoisotopic (exact) mass is 285 g/mol. The minimum absolute atomic E-state index is 0.299. The van der Waals surface area contributed by atoms with Crippen molar-refractivity contribution in [1.29, 1.82) is 5.26 Å². The molecule has 0 amide bonds. The van der Waals surface area contributed by atoms with E-state index in [1.54, 1.807) is 6.07 Å². The van der Waals surface area contributed by atoms with Crippen LogP contribution in [0.5, 0.6) is 0 Å². The number of methoxy groups -OCH3 is 1. The summed E-state index contributed by atoms with van der Waals surface area (Å²) in [5, 5.41) is 22.1. The molecule has 0 saturated heterocycles. The highest BCUT2D eigenvalue weighted by Crippen LogP contribution is 2.26. The van der Waals surface area contributed by atoms with Crippen LogP contribution >= 0.6 is 0 Å². The Hall–Kier alpha value is -2.65. The van der Waals surface area contributed by atoms with Crippen molar-refractivity contribution in [2.24, 2.45) is 0 Å². The summed E-state index contributed by atoms with van der Waals surface area (Å²) in [5.41, 5.74) is 1.51. The molecule has 2 aromatic rings. The van der Waals surface area contributed by atoms with Crippen LogP contribution < -0.4 is 5.32 Å². The van der Waals surface area contributed by atoms with Crippen LogP contribution in [-0.2, 0) is 9.53 Å². The molecule has 1 aromatic heterocycles. The van der Waals surface area contributed by atoms with E-state index in [0.717, 1.165) is 5.39 Å². The van der Waals surface area contributed by atoms with E-state index < -0.39 is 12.0 Å². The summed E-state index contributed by atoms with van der Waals surface area (Å²) >= 11 is 0. The van der Waals surface area contributed by atoms with Crippen LogP contribution in [0.15, 0.2) is 30.5 Å². The molecule has 6 heteroatoms. The molecule has 0 aliphatic carbocycles. The molecule has 2 N–H and O–H groups in total. The summed E-state index contributed by atoms with van der Waals surface area (Å²) in [7, 11) is 1.52. The average molecular weight is 285 g/mol. The summed E-state index contributed by atoms with van der Waals surface area (Å²) in [6, 6.07) is 8.49. The number of fused-ring (bicyclic) bond motifs is 1. The Kier molecular flexibility index (Phi) is 4.69. The first-order valence-corrected chi connectivity index (χ1v) is 6.43. The standard InChI is InChI=1S/C15H15N3O3/c1-21-7-6-13(15(19)20)18-14-10(8-16)9-17-12-5-3-2-4-11(12)14/h2-5,9,13H,6-7H2,1H3,(H,17,18)(H,19,20). The van der Waals surface area contributed by atoms with Gasteiger partial charge in [0.05, 0.1) is 16.8 Å². The van der Waals surface area contributed by atoms with Gasteiger partial charge in [0, 0.05) is 31.7 Å². The molecular weight excluding hydrogens is 270 g/mol. The summed E-state index contributed by atoms with van der Waals surface area (Å²) in [4.78, 5) is 15.5. The quantitative estimate of drug-likeness (QED) is 0.843. The van der Waals surface area contributed by atoms with Crippen LogP contribution in [0.1, 0.15) is 12.0 Å². The van der Waals surface area contributed by atoms with Crippen molar-refractivity contribution in [2.45, 2.75) is 12.5 Å². The number of aromatic nitrogens is 1. The second kappa shape index (κ2) is 6.68. The zero-order valence-corrected chi connectivity index (χ0v) is 11.5. The predicted molar refractivity (Wildman–Crippen MR) is 78.0 cm³/mol. The van der Waals surface area contributed by atoms with Gasteiger partial charge < -0.3 is 15.2 Å². The van der Waals surface area contributed by atoms with Crippen LogP contribution in [0.2, 0.25) is 0 Å². The number of carboxylic acid groups (broad SMARTS) is 1. The number of para-hydroxylation sites is 1. The molecule has 0 bridgehead atoms. The van der Waals surface area contributed by atoms with E-state index in [9.17, 15) is 15.2 Å². The lowest BCUT2D eigenvalue weighted by Crippen LogP contribution is -2.31. The van der Waals surface area contributed by atoms with Gasteiger partial charge in [0.2, 0.25) is 0 Å². The lowest BCUT2D eigenvalue weighted by atomic mass is 10.1. The largest absolute Gasteiger partial charge is 0.480 e. The van der Waals surface area contributed by atoms with Crippen LogP contribution in [0.3, 0.4) is 0 Å². The minimum atomic E-state index is -0.989. The van der Waals surface area contributed by atoms with Crippen molar-refractivity contribution in [3.63, 3.8) is 0 Å². The summed E-state index contributed by atoms with van der Waals surface area (Å²) in [6.45, 7) is 0.314. The van der Waals surface area contributed by atoms with Crippen LogP contribution in [-0.4, -0.2) is 35.8 Å². The van der Waals surface area contributed by atoms with Crippen LogP contribution in [0.25, 0.3) is 10.9 Å². The maximum Gasteiger partial charge on any atom is 0.326 e. The number of carboxylic acids is 1. The summed E-state index contributed by atoms with van der Waals surface area (Å²) in [6.07, 6.45) is 1.74. The molecular formula is C15H15N3O3. The first kappa shape index (κ1) is 14.8. The number of nitriles is 1. The van der Waals surface area contributed by atoms with E-state index in [-0.39, 0.29) is 0 Å². The molecule has 0 aliphatic rings. The molecule has 0 fully saturated rings. The van der Waals surface area contributed by atoms with Gasteiger partial charge in [-0.15, -0.1) is 0 Å². The molecule has 1 heterocycles. The molecule has 1 atom stereocenters. The smallest absolute Gasteiger partial charge is 0.326 e.